The van der Waals surface area contributed by atoms with E-state index in [1.54, 1.807) is 0 Å². The number of benzene rings is 2. The first kappa shape index (κ1) is 18.7. The van der Waals surface area contributed by atoms with Crippen LogP contribution in [-0.4, -0.2) is 24.2 Å². The standard InChI is InChI=1S/C22H29N3S/c1-16(2)18-9-11-20(12-10-18)24-22(26)23-13-6-14-25-17(3)15-19-7-4-5-8-21(19)25/h4-5,7-12,16-17H,6,13-15H2,1-3H3,(H2,23,24,26)/t17-/m0/s1. The molecule has 138 valence electrons. The van der Waals surface area contributed by atoms with Crippen molar-refractivity contribution >= 4 is 28.7 Å². The molecule has 2 aromatic rings. The number of hydrogen-bond acceptors (Lipinski definition) is 2. The molecule has 1 aliphatic heterocycles. The van der Waals surface area contributed by atoms with E-state index in [0.717, 1.165) is 31.6 Å². The normalized spacial score (nSPS) is 15.8. The molecule has 0 aliphatic carbocycles. The summed E-state index contributed by atoms with van der Waals surface area (Å²) >= 11 is 5.42. The molecule has 0 saturated heterocycles. The summed E-state index contributed by atoms with van der Waals surface area (Å²) in [5.41, 5.74) is 5.24. The molecule has 0 aromatic heterocycles. The Labute approximate surface area is 162 Å². The summed E-state index contributed by atoms with van der Waals surface area (Å²) in [5, 5.41) is 7.28. The van der Waals surface area contributed by atoms with Gasteiger partial charge in [-0.1, -0.05) is 44.2 Å². The number of fused-ring (bicyclic) bond motifs is 1. The topological polar surface area (TPSA) is 27.3 Å². The smallest absolute Gasteiger partial charge is 0.170 e. The van der Waals surface area contributed by atoms with Gasteiger partial charge in [-0.2, -0.15) is 0 Å². The number of rotatable bonds is 6. The highest BCUT2D eigenvalue weighted by Crippen LogP contribution is 2.31. The molecule has 1 heterocycles. The summed E-state index contributed by atoms with van der Waals surface area (Å²) < 4.78 is 0. The molecule has 0 unspecified atom stereocenters. The Hall–Kier alpha value is -2.07. The molecule has 3 nitrogen and oxygen atoms in total. The first-order valence-electron chi connectivity index (χ1n) is 9.54. The number of thiocarbonyl (C=S) groups is 1. The van der Waals surface area contributed by atoms with Crippen molar-refractivity contribution in [3.8, 4) is 0 Å². The maximum atomic E-state index is 5.42. The quantitative estimate of drug-likeness (QED) is 0.559. The van der Waals surface area contributed by atoms with Gasteiger partial charge in [-0.25, -0.2) is 0 Å². The Bertz CT molecular complexity index is 739. The van der Waals surface area contributed by atoms with Crippen molar-refractivity contribution in [3.63, 3.8) is 0 Å². The fraction of sp³-hybridized carbons (Fsp3) is 0.409. The van der Waals surface area contributed by atoms with Gasteiger partial charge in [-0.05, 0) is 67.2 Å². The molecular weight excluding hydrogens is 338 g/mol. The van der Waals surface area contributed by atoms with E-state index in [1.807, 2.05) is 0 Å². The lowest BCUT2D eigenvalue weighted by Gasteiger charge is -2.25. The van der Waals surface area contributed by atoms with Crippen LogP contribution >= 0.6 is 12.2 Å². The van der Waals surface area contributed by atoms with E-state index >= 15 is 0 Å². The Morgan fingerprint density at radius 1 is 1.15 bits per heavy atom. The molecule has 26 heavy (non-hydrogen) atoms. The van der Waals surface area contributed by atoms with Crippen molar-refractivity contribution in [2.24, 2.45) is 0 Å². The SMILES string of the molecule is CC(C)c1ccc(NC(=S)NCCCN2c3ccccc3C[C@@H]2C)cc1. The zero-order chi connectivity index (χ0) is 18.5. The van der Waals surface area contributed by atoms with Crippen LogP contribution < -0.4 is 15.5 Å². The second-order valence-electron chi connectivity index (χ2n) is 7.39. The number of hydrogen-bond donors (Lipinski definition) is 2. The minimum Gasteiger partial charge on any atom is -0.368 e. The van der Waals surface area contributed by atoms with Gasteiger partial charge in [0.15, 0.2) is 5.11 Å². The van der Waals surface area contributed by atoms with Crippen LogP contribution in [0.4, 0.5) is 11.4 Å². The molecule has 0 radical (unpaired) electrons. The minimum atomic E-state index is 0.548. The predicted molar refractivity (Wildman–Crippen MR) is 116 cm³/mol. The molecule has 3 rings (SSSR count). The van der Waals surface area contributed by atoms with Crippen molar-refractivity contribution in [1.82, 2.24) is 5.32 Å². The molecule has 1 atom stereocenters. The van der Waals surface area contributed by atoms with E-state index in [1.165, 1.54) is 16.8 Å². The van der Waals surface area contributed by atoms with Crippen molar-refractivity contribution in [1.29, 1.82) is 0 Å². The van der Waals surface area contributed by atoms with Gasteiger partial charge in [-0.3, -0.25) is 0 Å². The predicted octanol–water partition coefficient (Wildman–Crippen LogP) is 4.94. The first-order valence-corrected chi connectivity index (χ1v) is 9.95. The van der Waals surface area contributed by atoms with Gasteiger partial charge in [-0.15, -0.1) is 0 Å². The van der Waals surface area contributed by atoms with Crippen LogP contribution in [0.15, 0.2) is 48.5 Å². The van der Waals surface area contributed by atoms with Gasteiger partial charge in [0.2, 0.25) is 0 Å². The van der Waals surface area contributed by atoms with Gasteiger partial charge >= 0.3 is 0 Å². The fourth-order valence-electron chi connectivity index (χ4n) is 3.55. The highest BCUT2D eigenvalue weighted by Gasteiger charge is 2.24. The third-order valence-electron chi connectivity index (χ3n) is 5.05. The van der Waals surface area contributed by atoms with Crippen LogP contribution in [0, 0.1) is 0 Å². The van der Waals surface area contributed by atoms with Crippen LogP contribution in [-0.2, 0) is 6.42 Å². The molecular formula is C22H29N3S. The summed E-state index contributed by atoms with van der Waals surface area (Å²) in [6.07, 6.45) is 2.21. The molecule has 4 heteroatoms. The maximum Gasteiger partial charge on any atom is 0.170 e. The second kappa shape index (κ2) is 8.54. The fourth-order valence-corrected chi connectivity index (χ4v) is 3.77. The van der Waals surface area contributed by atoms with Crippen LogP contribution in [0.5, 0.6) is 0 Å². The van der Waals surface area contributed by atoms with E-state index in [9.17, 15) is 0 Å². The second-order valence-corrected chi connectivity index (χ2v) is 7.79. The van der Waals surface area contributed by atoms with E-state index in [2.05, 4.69) is 84.8 Å². The van der Waals surface area contributed by atoms with E-state index < -0.39 is 0 Å². The number of nitrogens with zero attached hydrogens (tertiary/aromatic N) is 1. The number of para-hydroxylation sites is 1. The van der Waals surface area contributed by atoms with Gasteiger partial charge in [0.05, 0.1) is 0 Å². The average Bonchev–Trinajstić information content (AvgIpc) is 2.94. The monoisotopic (exact) mass is 367 g/mol. The van der Waals surface area contributed by atoms with Gasteiger partial charge in [0, 0.05) is 30.5 Å². The molecule has 0 fully saturated rings. The molecule has 0 amide bonds. The Morgan fingerprint density at radius 3 is 2.62 bits per heavy atom. The van der Waals surface area contributed by atoms with E-state index in [4.69, 9.17) is 12.2 Å². The molecule has 2 N–H and O–H groups in total. The molecule has 1 aliphatic rings. The van der Waals surface area contributed by atoms with E-state index in [0.29, 0.717) is 17.1 Å². The average molecular weight is 368 g/mol. The van der Waals surface area contributed by atoms with Gasteiger partial charge < -0.3 is 15.5 Å². The molecule has 0 saturated carbocycles. The summed E-state index contributed by atoms with van der Waals surface area (Å²) in [5.74, 6) is 0.548. The lowest BCUT2D eigenvalue weighted by molar-refractivity contribution is 0.641. The lowest BCUT2D eigenvalue weighted by Crippen LogP contribution is -2.34. The Kier molecular flexibility index (Phi) is 6.15. The summed E-state index contributed by atoms with van der Waals surface area (Å²) in [6.45, 7) is 8.64. The highest BCUT2D eigenvalue weighted by molar-refractivity contribution is 7.80. The third-order valence-corrected chi connectivity index (χ3v) is 5.29. The van der Waals surface area contributed by atoms with Crippen molar-refractivity contribution in [2.75, 3.05) is 23.3 Å². The molecule has 0 bridgehead atoms. The third kappa shape index (κ3) is 4.55. The summed E-state index contributed by atoms with van der Waals surface area (Å²) in [4.78, 5) is 2.51. The summed E-state index contributed by atoms with van der Waals surface area (Å²) in [7, 11) is 0. The number of anilines is 2. The number of nitrogens with one attached hydrogen (secondary N) is 2. The van der Waals surface area contributed by atoms with Crippen LogP contribution in [0.3, 0.4) is 0 Å². The zero-order valence-corrected chi connectivity index (χ0v) is 16.8. The minimum absolute atomic E-state index is 0.548. The van der Waals surface area contributed by atoms with Crippen molar-refractivity contribution in [2.45, 2.75) is 45.6 Å². The van der Waals surface area contributed by atoms with Crippen molar-refractivity contribution < 1.29 is 0 Å². The lowest BCUT2D eigenvalue weighted by atomic mass is 10.0. The van der Waals surface area contributed by atoms with Crippen molar-refractivity contribution in [3.05, 3.63) is 59.7 Å². The van der Waals surface area contributed by atoms with E-state index in [-0.39, 0.29) is 0 Å². The molecule has 2 aromatic carbocycles. The molecule has 0 spiro atoms. The first-order chi connectivity index (χ1) is 12.5. The zero-order valence-electron chi connectivity index (χ0n) is 16.0. The van der Waals surface area contributed by atoms with Gasteiger partial charge in [0.1, 0.15) is 0 Å². The summed E-state index contributed by atoms with van der Waals surface area (Å²) in [6, 6.07) is 17.8. The van der Waals surface area contributed by atoms with Gasteiger partial charge in [0.25, 0.3) is 0 Å². The maximum absolute atomic E-state index is 5.42. The Balaban J connectivity index is 1.42. The van der Waals surface area contributed by atoms with Crippen LogP contribution in [0.2, 0.25) is 0 Å². The van der Waals surface area contributed by atoms with Crippen LogP contribution in [0.1, 0.15) is 44.2 Å². The Morgan fingerprint density at radius 2 is 1.88 bits per heavy atom. The van der Waals surface area contributed by atoms with Crippen LogP contribution in [0.25, 0.3) is 0 Å². The largest absolute Gasteiger partial charge is 0.368 e. The highest BCUT2D eigenvalue weighted by atomic mass is 32.1.